The molecule has 1 fully saturated rings. The number of amides is 1. The second-order valence-corrected chi connectivity index (χ2v) is 6.49. The van der Waals surface area contributed by atoms with E-state index < -0.39 is 17.8 Å². The topological polar surface area (TPSA) is 66.4 Å². The van der Waals surface area contributed by atoms with E-state index in [1.807, 2.05) is 32.0 Å². The molecule has 2 rings (SSSR count). The Morgan fingerprint density at radius 3 is 2.55 bits per heavy atom. The lowest BCUT2D eigenvalue weighted by Gasteiger charge is -2.16. The van der Waals surface area contributed by atoms with Gasteiger partial charge in [-0.25, -0.2) is 0 Å². The molecular formula is C15H18BrNO3. The Morgan fingerprint density at radius 1 is 1.30 bits per heavy atom. The highest BCUT2D eigenvalue weighted by Gasteiger charge is 2.41. The lowest BCUT2D eigenvalue weighted by molar-refractivity contribution is -0.145. The first-order valence-corrected chi connectivity index (χ1v) is 7.47. The second-order valence-electron chi connectivity index (χ2n) is 5.58. The summed E-state index contributed by atoms with van der Waals surface area (Å²) in [6, 6.07) is 5.60. The van der Waals surface area contributed by atoms with Gasteiger partial charge in [-0.1, -0.05) is 22.9 Å². The number of rotatable bonds is 3. The highest BCUT2D eigenvalue weighted by Crippen LogP contribution is 2.37. The zero-order chi connectivity index (χ0) is 14.9. The van der Waals surface area contributed by atoms with Crippen LogP contribution in [0.1, 0.15) is 25.3 Å². The van der Waals surface area contributed by atoms with Crippen LogP contribution in [0.15, 0.2) is 22.7 Å². The van der Waals surface area contributed by atoms with Crippen LogP contribution in [-0.4, -0.2) is 17.0 Å². The molecule has 1 aromatic carbocycles. The molecule has 5 heteroatoms. The molecule has 108 valence electrons. The summed E-state index contributed by atoms with van der Waals surface area (Å²) in [6.07, 6.45) is 1.21. The molecule has 0 saturated heterocycles. The number of carboxylic acid groups (broad SMARTS) is 1. The van der Waals surface area contributed by atoms with Crippen molar-refractivity contribution >= 4 is 33.5 Å². The maximum Gasteiger partial charge on any atom is 0.307 e. The van der Waals surface area contributed by atoms with Gasteiger partial charge in [0.25, 0.3) is 0 Å². The van der Waals surface area contributed by atoms with Crippen molar-refractivity contribution in [2.24, 2.45) is 17.8 Å². The molecule has 3 atom stereocenters. The van der Waals surface area contributed by atoms with E-state index in [1.165, 1.54) is 0 Å². The summed E-state index contributed by atoms with van der Waals surface area (Å²) in [5, 5.41) is 12.1. The minimum absolute atomic E-state index is 0.188. The second kappa shape index (κ2) is 5.95. The van der Waals surface area contributed by atoms with Crippen LogP contribution in [0.5, 0.6) is 0 Å². The third-order valence-electron chi connectivity index (χ3n) is 3.90. The molecule has 1 aliphatic rings. The summed E-state index contributed by atoms with van der Waals surface area (Å²) in [7, 11) is 0. The Morgan fingerprint density at radius 2 is 1.95 bits per heavy atom. The van der Waals surface area contributed by atoms with E-state index in [-0.39, 0.29) is 11.8 Å². The maximum absolute atomic E-state index is 12.3. The molecule has 1 aliphatic carbocycles. The number of carboxylic acids is 1. The van der Waals surface area contributed by atoms with Gasteiger partial charge in [0.15, 0.2) is 0 Å². The minimum Gasteiger partial charge on any atom is -0.481 e. The van der Waals surface area contributed by atoms with Crippen molar-refractivity contribution in [1.82, 2.24) is 0 Å². The first-order chi connectivity index (χ1) is 9.38. The highest BCUT2D eigenvalue weighted by molar-refractivity contribution is 9.10. The van der Waals surface area contributed by atoms with Crippen LogP contribution in [0.4, 0.5) is 5.69 Å². The van der Waals surface area contributed by atoms with E-state index in [0.29, 0.717) is 12.8 Å². The normalized spacial score (nSPS) is 25.4. The Hall–Kier alpha value is -1.36. The number of hydrogen-bond acceptors (Lipinski definition) is 2. The number of nitrogens with one attached hydrogen (secondary N) is 1. The molecule has 0 radical (unpaired) electrons. The first-order valence-electron chi connectivity index (χ1n) is 6.68. The van der Waals surface area contributed by atoms with E-state index in [1.54, 1.807) is 0 Å². The van der Waals surface area contributed by atoms with Crippen LogP contribution in [0.25, 0.3) is 0 Å². The molecule has 20 heavy (non-hydrogen) atoms. The Labute approximate surface area is 126 Å². The number of carbonyl (C=O) groups excluding carboxylic acids is 1. The van der Waals surface area contributed by atoms with Gasteiger partial charge >= 0.3 is 5.97 Å². The molecule has 1 saturated carbocycles. The molecule has 0 heterocycles. The third kappa shape index (κ3) is 3.20. The number of benzene rings is 1. The molecule has 0 spiro atoms. The van der Waals surface area contributed by atoms with Crippen molar-refractivity contribution in [3.05, 3.63) is 28.2 Å². The smallest absolute Gasteiger partial charge is 0.307 e. The Bertz CT molecular complexity index is 544. The van der Waals surface area contributed by atoms with Gasteiger partial charge in [0.05, 0.1) is 11.8 Å². The number of halogens is 1. The number of anilines is 1. The van der Waals surface area contributed by atoms with E-state index in [9.17, 15) is 14.7 Å². The predicted octanol–water partition coefficient (Wildman–Crippen LogP) is 3.44. The van der Waals surface area contributed by atoms with Gasteiger partial charge in [-0.3, -0.25) is 9.59 Å². The summed E-state index contributed by atoms with van der Waals surface area (Å²) in [5.41, 5.74) is 1.69. The Balaban J connectivity index is 2.13. The maximum atomic E-state index is 12.3. The lowest BCUT2D eigenvalue weighted by Crippen LogP contribution is -2.30. The van der Waals surface area contributed by atoms with E-state index in [2.05, 4.69) is 21.2 Å². The standard InChI is InChI=1S/C15H18BrNO3/c1-8-5-11(12(6-8)15(19)20)14(18)17-13-4-3-10(16)7-9(13)2/h3-4,7-8,11-12H,5-6H2,1-2H3,(H,17,18)(H,19,20). The average Bonchev–Trinajstić information content (AvgIpc) is 2.75. The van der Waals surface area contributed by atoms with Crippen molar-refractivity contribution in [3.63, 3.8) is 0 Å². The predicted molar refractivity (Wildman–Crippen MR) is 80.5 cm³/mol. The van der Waals surface area contributed by atoms with Gasteiger partial charge in [-0.15, -0.1) is 0 Å². The fourth-order valence-electron chi connectivity index (χ4n) is 2.85. The average molecular weight is 340 g/mol. The van der Waals surface area contributed by atoms with Crippen LogP contribution in [0, 0.1) is 24.7 Å². The van der Waals surface area contributed by atoms with Crippen molar-refractivity contribution in [2.45, 2.75) is 26.7 Å². The SMILES string of the molecule is Cc1cc(Br)ccc1NC(=O)C1CC(C)CC1C(=O)O. The largest absolute Gasteiger partial charge is 0.481 e. The van der Waals surface area contributed by atoms with Crippen LogP contribution >= 0.6 is 15.9 Å². The van der Waals surface area contributed by atoms with Gasteiger partial charge in [0.2, 0.25) is 5.91 Å². The molecule has 2 N–H and O–H groups in total. The quantitative estimate of drug-likeness (QED) is 0.886. The van der Waals surface area contributed by atoms with Gasteiger partial charge in [0.1, 0.15) is 0 Å². The van der Waals surface area contributed by atoms with Crippen LogP contribution in [0.2, 0.25) is 0 Å². The number of hydrogen-bond donors (Lipinski definition) is 2. The van der Waals surface area contributed by atoms with Crippen molar-refractivity contribution in [2.75, 3.05) is 5.32 Å². The fourth-order valence-corrected chi connectivity index (χ4v) is 3.32. The zero-order valence-corrected chi connectivity index (χ0v) is 13.1. The molecule has 1 amide bonds. The van der Waals surface area contributed by atoms with Gasteiger partial charge in [-0.2, -0.15) is 0 Å². The van der Waals surface area contributed by atoms with Crippen molar-refractivity contribution in [3.8, 4) is 0 Å². The van der Waals surface area contributed by atoms with Crippen LogP contribution < -0.4 is 5.32 Å². The first kappa shape index (κ1) is 15.0. The minimum atomic E-state index is -0.873. The van der Waals surface area contributed by atoms with Gasteiger partial charge in [0, 0.05) is 10.2 Å². The fraction of sp³-hybridized carbons (Fsp3) is 0.467. The van der Waals surface area contributed by atoms with E-state index in [0.717, 1.165) is 15.7 Å². The summed E-state index contributed by atoms with van der Waals surface area (Å²) in [6.45, 7) is 3.90. The molecule has 0 bridgehead atoms. The number of aliphatic carboxylic acids is 1. The lowest BCUT2D eigenvalue weighted by atomic mass is 9.95. The zero-order valence-electron chi connectivity index (χ0n) is 11.5. The van der Waals surface area contributed by atoms with Crippen molar-refractivity contribution in [1.29, 1.82) is 0 Å². The Kier molecular flexibility index (Phi) is 4.48. The molecule has 3 unspecified atom stereocenters. The van der Waals surface area contributed by atoms with Crippen LogP contribution in [-0.2, 0) is 9.59 Å². The highest BCUT2D eigenvalue weighted by atomic mass is 79.9. The van der Waals surface area contributed by atoms with E-state index in [4.69, 9.17) is 0 Å². The summed E-state index contributed by atoms with van der Waals surface area (Å²) in [4.78, 5) is 23.6. The third-order valence-corrected chi connectivity index (χ3v) is 4.39. The molecular weight excluding hydrogens is 322 g/mol. The van der Waals surface area contributed by atoms with Gasteiger partial charge < -0.3 is 10.4 Å². The molecule has 0 aromatic heterocycles. The van der Waals surface area contributed by atoms with Gasteiger partial charge in [-0.05, 0) is 49.4 Å². The summed E-state index contributed by atoms with van der Waals surface area (Å²) >= 11 is 3.37. The molecule has 1 aromatic rings. The van der Waals surface area contributed by atoms with E-state index >= 15 is 0 Å². The summed E-state index contributed by atoms with van der Waals surface area (Å²) in [5.74, 6) is -1.79. The molecule has 0 aliphatic heterocycles. The number of aryl methyl sites for hydroxylation is 1. The molecule has 4 nitrogen and oxygen atoms in total. The van der Waals surface area contributed by atoms with Crippen molar-refractivity contribution < 1.29 is 14.7 Å². The van der Waals surface area contributed by atoms with Crippen LogP contribution in [0.3, 0.4) is 0 Å². The summed E-state index contributed by atoms with van der Waals surface area (Å²) < 4.78 is 0.950. The monoisotopic (exact) mass is 339 g/mol. The number of carbonyl (C=O) groups is 2.